The van der Waals surface area contributed by atoms with E-state index in [2.05, 4.69) is 30.8 Å². The molecular weight excluding hydrogens is 458 g/mol. The molecule has 5 heterocycles. The summed E-state index contributed by atoms with van der Waals surface area (Å²) in [6.07, 6.45) is 3.79. The Morgan fingerprint density at radius 3 is 2.77 bits per heavy atom. The number of nitrogens with one attached hydrogen (secondary N) is 2. The number of ether oxygens (including phenoxy) is 2. The molecule has 2 N–H and O–H groups in total. The van der Waals surface area contributed by atoms with Crippen molar-refractivity contribution in [1.29, 1.82) is 0 Å². The topological polar surface area (TPSA) is 103 Å². The molecule has 4 aromatic rings. The summed E-state index contributed by atoms with van der Waals surface area (Å²) in [5.74, 6) is 2.10. The fraction of sp³-hybridized carbons (Fsp3) is 0.391. The van der Waals surface area contributed by atoms with Crippen molar-refractivity contribution in [1.82, 2.24) is 34.7 Å². The predicted molar refractivity (Wildman–Crippen MR) is 125 cm³/mol. The summed E-state index contributed by atoms with van der Waals surface area (Å²) in [6, 6.07) is 7.10. The molecule has 0 amide bonds. The van der Waals surface area contributed by atoms with Gasteiger partial charge in [0.15, 0.2) is 11.6 Å². The molecule has 35 heavy (non-hydrogen) atoms. The van der Waals surface area contributed by atoms with Crippen molar-refractivity contribution in [3.05, 3.63) is 48.2 Å². The van der Waals surface area contributed by atoms with Gasteiger partial charge >= 0.3 is 6.55 Å². The summed E-state index contributed by atoms with van der Waals surface area (Å²) < 4.78 is 41.6. The molecule has 0 radical (unpaired) electrons. The zero-order valence-corrected chi connectivity index (χ0v) is 19.6. The van der Waals surface area contributed by atoms with E-state index in [1.54, 1.807) is 30.0 Å². The molecule has 184 valence electrons. The van der Waals surface area contributed by atoms with E-state index in [4.69, 9.17) is 9.47 Å². The van der Waals surface area contributed by atoms with Gasteiger partial charge in [0.25, 0.3) is 0 Å². The van der Waals surface area contributed by atoms with Crippen LogP contribution in [0.25, 0.3) is 16.8 Å². The van der Waals surface area contributed by atoms with Crippen molar-refractivity contribution >= 4 is 17.2 Å². The highest BCUT2D eigenvalue weighted by molar-refractivity contribution is 5.73. The highest BCUT2D eigenvalue weighted by atomic mass is 19.3. The first kappa shape index (κ1) is 23.1. The van der Waals surface area contributed by atoms with Gasteiger partial charge < -0.3 is 20.1 Å². The minimum absolute atomic E-state index is 0.192. The Morgan fingerprint density at radius 2 is 2.06 bits per heavy atom. The fourth-order valence-corrected chi connectivity index (χ4v) is 4.28. The Bertz CT molecular complexity index is 1330. The Hall–Kier alpha value is -3.64. The lowest BCUT2D eigenvalue weighted by molar-refractivity contribution is -0.0281. The molecule has 0 aliphatic carbocycles. The summed E-state index contributed by atoms with van der Waals surface area (Å²) in [4.78, 5) is 8.64. The van der Waals surface area contributed by atoms with E-state index < -0.39 is 12.2 Å². The van der Waals surface area contributed by atoms with Gasteiger partial charge in [0.1, 0.15) is 29.5 Å². The van der Waals surface area contributed by atoms with Crippen LogP contribution in [0.1, 0.15) is 24.5 Å². The second-order valence-electron chi connectivity index (χ2n) is 8.56. The van der Waals surface area contributed by atoms with Crippen LogP contribution in [-0.2, 0) is 4.74 Å². The quantitative estimate of drug-likeness (QED) is 0.392. The predicted octanol–water partition coefficient (Wildman–Crippen LogP) is 3.50. The molecule has 0 bridgehead atoms. The molecular formula is C23H26F2N8O2. The molecule has 1 unspecified atom stereocenters. The van der Waals surface area contributed by atoms with Gasteiger partial charge in [-0.1, -0.05) is 0 Å². The normalized spacial score (nSPS) is 18.0. The lowest BCUT2D eigenvalue weighted by atomic mass is 10.0. The number of aryl methyl sites for hydroxylation is 2. The number of pyridine rings is 1. The number of hydrogen-bond donors (Lipinski definition) is 2. The van der Waals surface area contributed by atoms with E-state index in [9.17, 15) is 8.78 Å². The summed E-state index contributed by atoms with van der Waals surface area (Å²) >= 11 is 0. The van der Waals surface area contributed by atoms with E-state index in [1.165, 1.54) is 6.20 Å². The summed E-state index contributed by atoms with van der Waals surface area (Å²) in [6.45, 7) is 2.54. The third-order valence-electron chi connectivity index (χ3n) is 6.03. The molecule has 10 nitrogen and oxygen atoms in total. The van der Waals surface area contributed by atoms with Crippen LogP contribution in [0, 0.1) is 13.8 Å². The molecule has 0 spiro atoms. The maximum Gasteiger partial charge on any atom is 0.333 e. The third kappa shape index (κ3) is 4.66. The van der Waals surface area contributed by atoms with Crippen molar-refractivity contribution in [2.45, 2.75) is 32.4 Å². The van der Waals surface area contributed by atoms with Gasteiger partial charge in [-0.3, -0.25) is 0 Å². The number of fused-ring (bicyclic) bond motifs is 1. The number of alkyl halides is 2. The second-order valence-corrected chi connectivity index (χ2v) is 8.56. The number of nitrogens with zero attached hydrogens (tertiary/aromatic N) is 6. The molecule has 4 aromatic heterocycles. The monoisotopic (exact) mass is 484 g/mol. The number of anilines is 2. The minimum atomic E-state index is -2.82. The Balaban J connectivity index is 1.45. The number of hydrogen-bond acceptors (Lipinski definition) is 8. The van der Waals surface area contributed by atoms with E-state index in [0.29, 0.717) is 39.8 Å². The third-order valence-corrected chi connectivity index (χ3v) is 6.03. The standard InChI is InChI=1S/C23H26F2N8O2/c1-14-8-19(29-15(2)28-14)30-20-10-17-9-16(4-7-32(17)31-20)21-18(11-27-33(21)22(24)25)35-13-23(34-3)5-6-26-12-23/h4,7-11,22,26H,5-6,12-13H2,1-3H3,(H,28,29,30,31). The van der Waals surface area contributed by atoms with E-state index in [1.807, 2.05) is 26.0 Å². The smallest absolute Gasteiger partial charge is 0.333 e. The van der Waals surface area contributed by atoms with Crippen LogP contribution in [-0.4, -0.2) is 61.8 Å². The van der Waals surface area contributed by atoms with Crippen molar-refractivity contribution < 1.29 is 18.3 Å². The minimum Gasteiger partial charge on any atom is -0.487 e. The molecule has 1 atom stereocenters. The van der Waals surface area contributed by atoms with Crippen LogP contribution in [0.5, 0.6) is 5.75 Å². The largest absolute Gasteiger partial charge is 0.487 e. The summed E-state index contributed by atoms with van der Waals surface area (Å²) in [5, 5.41) is 14.8. The highest BCUT2D eigenvalue weighted by Crippen LogP contribution is 2.35. The maximum absolute atomic E-state index is 13.8. The lowest BCUT2D eigenvalue weighted by Crippen LogP contribution is -2.40. The van der Waals surface area contributed by atoms with Crippen molar-refractivity contribution in [3.63, 3.8) is 0 Å². The summed E-state index contributed by atoms with van der Waals surface area (Å²) in [5.41, 5.74) is 1.76. The maximum atomic E-state index is 13.8. The first-order valence-electron chi connectivity index (χ1n) is 11.2. The van der Waals surface area contributed by atoms with E-state index in [0.717, 1.165) is 18.7 Å². The molecule has 1 saturated heterocycles. The van der Waals surface area contributed by atoms with Gasteiger partial charge in [0.05, 0.1) is 11.7 Å². The second kappa shape index (κ2) is 9.19. The van der Waals surface area contributed by atoms with Crippen LogP contribution in [0.2, 0.25) is 0 Å². The molecule has 1 fully saturated rings. The van der Waals surface area contributed by atoms with Gasteiger partial charge in [0.2, 0.25) is 0 Å². The lowest BCUT2D eigenvalue weighted by Gasteiger charge is -2.26. The van der Waals surface area contributed by atoms with Crippen LogP contribution in [0.4, 0.5) is 20.4 Å². The van der Waals surface area contributed by atoms with E-state index in [-0.39, 0.29) is 18.1 Å². The molecule has 12 heteroatoms. The van der Waals surface area contributed by atoms with Crippen LogP contribution >= 0.6 is 0 Å². The highest BCUT2D eigenvalue weighted by Gasteiger charge is 2.35. The Labute approximate surface area is 200 Å². The number of rotatable bonds is 8. The SMILES string of the molecule is COC1(COc2cnn(C(F)F)c2-c2ccn3nc(Nc4cc(C)nc(C)n4)cc3c2)CCNC1. The molecule has 1 aliphatic heterocycles. The molecule has 0 aromatic carbocycles. The number of methoxy groups -OCH3 is 1. The molecule has 1 aliphatic rings. The Kier molecular flexibility index (Phi) is 6.07. The van der Waals surface area contributed by atoms with E-state index >= 15 is 0 Å². The molecule has 0 saturated carbocycles. The average Bonchev–Trinajstić information content (AvgIpc) is 3.54. The zero-order valence-electron chi connectivity index (χ0n) is 19.6. The van der Waals surface area contributed by atoms with Gasteiger partial charge in [0, 0.05) is 43.2 Å². The molecule has 5 rings (SSSR count). The van der Waals surface area contributed by atoms with Crippen LogP contribution in [0.15, 0.2) is 36.7 Å². The number of aromatic nitrogens is 6. The summed E-state index contributed by atoms with van der Waals surface area (Å²) in [7, 11) is 1.63. The first-order chi connectivity index (χ1) is 16.9. The van der Waals surface area contributed by atoms with Crippen LogP contribution in [0.3, 0.4) is 0 Å². The number of halogens is 2. The van der Waals surface area contributed by atoms with Crippen LogP contribution < -0.4 is 15.4 Å². The average molecular weight is 485 g/mol. The van der Waals surface area contributed by atoms with Gasteiger partial charge in [-0.25, -0.2) is 14.5 Å². The van der Waals surface area contributed by atoms with Gasteiger partial charge in [-0.05, 0) is 38.9 Å². The Morgan fingerprint density at radius 1 is 1.20 bits per heavy atom. The van der Waals surface area contributed by atoms with Crippen molar-refractivity contribution in [2.75, 3.05) is 32.1 Å². The first-order valence-corrected chi connectivity index (χ1v) is 11.2. The zero-order chi connectivity index (χ0) is 24.6. The van der Waals surface area contributed by atoms with Gasteiger partial charge in [-0.15, -0.1) is 0 Å². The fourth-order valence-electron chi connectivity index (χ4n) is 4.28. The van der Waals surface area contributed by atoms with Crippen molar-refractivity contribution in [2.24, 2.45) is 0 Å². The van der Waals surface area contributed by atoms with Gasteiger partial charge in [-0.2, -0.15) is 23.7 Å². The van der Waals surface area contributed by atoms with Crippen molar-refractivity contribution in [3.8, 4) is 17.0 Å².